The van der Waals surface area contributed by atoms with Crippen LogP contribution in [0.3, 0.4) is 0 Å². The second kappa shape index (κ2) is 5.93. The van der Waals surface area contributed by atoms with Gasteiger partial charge in [0.25, 0.3) is 0 Å². The van der Waals surface area contributed by atoms with E-state index in [0.29, 0.717) is 6.42 Å². The molecule has 5 heteroatoms. The van der Waals surface area contributed by atoms with E-state index in [1.807, 2.05) is 0 Å². The molecule has 12 heavy (non-hydrogen) atoms. The lowest BCUT2D eigenvalue weighted by Gasteiger charge is -2.11. The van der Waals surface area contributed by atoms with E-state index in [9.17, 15) is 4.79 Å². The Kier molecular flexibility index (Phi) is 5.61. The molecule has 5 nitrogen and oxygen atoms in total. The summed E-state index contributed by atoms with van der Waals surface area (Å²) in [5.41, 5.74) is 5.33. The van der Waals surface area contributed by atoms with Gasteiger partial charge in [-0.2, -0.15) is 0 Å². The largest absolute Gasteiger partial charge is 0.462 e. The number of aliphatic hydroxyl groups excluding tert-OH is 2. The highest BCUT2D eigenvalue weighted by Crippen LogP contribution is 1.92. The number of aliphatic hydroxyl groups is 2. The van der Waals surface area contributed by atoms with E-state index >= 15 is 0 Å². The molecule has 2 unspecified atom stereocenters. The minimum Gasteiger partial charge on any atom is -0.462 e. The average Bonchev–Trinajstić information content (AvgIpc) is 2.11. The van der Waals surface area contributed by atoms with Crippen LogP contribution in [0.5, 0.6) is 0 Å². The molecule has 0 fully saturated rings. The first-order chi connectivity index (χ1) is 5.61. The monoisotopic (exact) mass is 177 g/mol. The molecule has 72 valence electrons. The average molecular weight is 177 g/mol. The maximum absolute atomic E-state index is 10.9. The number of ether oxygens (including phenoxy) is 1. The first-order valence-corrected chi connectivity index (χ1v) is 3.83. The number of carbonyl (C=O) groups excluding carboxylic acids is 1. The van der Waals surface area contributed by atoms with Crippen LogP contribution in [0.1, 0.15) is 13.3 Å². The van der Waals surface area contributed by atoms with Gasteiger partial charge < -0.3 is 20.7 Å². The normalized spacial score (nSPS) is 15.3. The summed E-state index contributed by atoms with van der Waals surface area (Å²) in [6.45, 7) is 1.13. The molecule has 0 aliphatic carbocycles. The topological polar surface area (TPSA) is 92.8 Å². The molecule has 0 aromatic carbocycles. The first-order valence-electron chi connectivity index (χ1n) is 3.83. The number of hydrogen-bond acceptors (Lipinski definition) is 5. The summed E-state index contributed by atoms with van der Waals surface area (Å²) in [6, 6.07) is -0.643. The number of rotatable bonds is 5. The van der Waals surface area contributed by atoms with E-state index < -0.39 is 24.7 Å². The zero-order chi connectivity index (χ0) is 9.56. The summed E-state index contributed by atoms with van der Waals surface area (Å²) >= 11 is 0. The third-order valence-electron chi connectivity index (χ3n) is 1.37. The van der Waals surface area contributed by atoms with E-state index in [1.54, 1.807) is 6.92 Å². The predicted octanol–water partition coefficient (Wildman–Crippen LogP) is -1.38. The minimum atomic E-state index is -1.02. The smallest absolute Gasteiger partial charge is 0.322 e. The van der Waals surface area contributed by atoms with E-state index in [0.717, 1.165) is 0 Å². The SMILES string of the molecule is CCC(N)C(=O)OCC(O)CO. The van der Waals surface area contributed by atoms with Crippen molar-refractivity contribution in [1.29, 1.82) is 0 Å². The fourth-order valence-electron chi connectivity index (χ4n) is 0.505. The van der Waals surface area contributed by atoms with E-state index in [2.05, 4.69) is 4.74 Å². The second-order valence-corrected chi connectivity index (χ2v) is 2.48. The summed E-state index contributed by atoms with van der Waals surface area (Å²) in [5, 5.41) is 17.2. The molecule has 0 saturated heterocycles. The van der Waals surface area contributed by atoms with E-state index in [4.69, 9.17) is 15.9 Å². The van der Waals surface area contributed by atoms with Crippen LogP contribution in [-0.4, -0.2) is 41.5 Å². The number of esters is 1. The van der Waals surface area contributed by atoms with Crippen molar-refractivity contribution in [3.05, 3.63) is 0 Å². The molecule has 0 bridgehead atoms. The van der Waals surface area contributed by atoms with Gasteiger partial charge in [0.1, 0.15) is 18.8 Å². The van der Waals surface area contributed by atoms with Gasteiger partial charge in [-0.25, -0.2) is 0 Å². The van der Waals surface area contributed by atoms with Crippen LogP contribution in [0.2, 0.25) is 0 Å². The Morgan fingerprint density at radius 1 is 1.67 bits per heavy atom. The summed E-state index contributed by atoms with van der Waals surface area (Å²) in [5.74, 6) is -0.551. The summed E-state index contributed by atoms with van der Waals surface area (Å²) in [6.07, 6.45) is -0.522. The predicted molar refractivity (Wildman–Crippen MR) is 42.3 cm³/mol. The van der Waals surface area contributed by atoms with Gasteiger partial charge in [-0.1, -0.05) is 6.92 Å². The standard InChI is InChI=1S/C7H15NO4/c1-2-6(8)7(11)12-4-5(10)3-9/h5-6,9-10H,2-4,8H2,1H3. The van der Waals surface area contributed by atoms with Crippen LogP contribution in [-0.2, 0) is 9.53 Å². The first kappa shape index (κ1) is 11.4. The zero-order valence-corrected chi connectivity index (χ0v) is 7.06. The van der Waals surface area contributed by atoms with Crippen molar-refractivity contribution in [1.82, 2.24) is 0 Å². The van der Waals surface area contributed by atoms with E-state index in [-0.39, 0.29) is 6.61 Å². The molecule has 0 saturated carbocycles. The Morgan fingerprint density at radius 2 is 2.25 bits per heavy atom. The van der Waals surface area contributed by atoms with Gasteiger partial charge in [0, 0.05) is 0 Å². The molecule has 0 aromatic rings. The lowest BCUT2D eigenvalue weighted by Crippen LogP contribution is -2.34. The minimum absolute atomic E-state index is 0.205. The molecule has 0 radical (unpaired) electrons. The fourth-order valence-corrected chi connectivity index (χ4v) is 0.505. The van der Waals surface area contributed by atoms with Crippen LogP contribution in [0.25, 0.3) is 0 Å². The van der Waals surface area contributed by atoms with E-state index in [1.165, 1.54) is 0 Å². The van der Waals surface area contributed by atoms with Crippen LogP contribution in [0, 0.1) is 0 Å². The second-order valence-electron chi connectivity index (χ2n) is 2.48. The lowest BCUT2D eigenvalue weighted by atomic mass is 10.2. The molecular formula is C7H15NO4. The Hall–Kier alpha value is -0.650. The van der Waals surface area contributed by atoms with Crippen LogP contribution in [0.4, 0.5) is 0 Å². The van der Waals surface area contributed by atoms with Crippen molar-refractivity contribution in [3.8, 4) is 0 Å². The molecule has 0 rings (SSSR count). The van der Waals surface area contributed by atoms with Gasteiger partial charge in [0.05, 0.1) is 6.61 Å². The van der Waals surface area contributed by atoms with Gasteiger partial charge in [0.15, 0.2) is 0 Å². The van der Waals surface area contributed by atoms with Gasteiger partial charge >= 0.3 is 5.97 Å². The molecular weight excluding hydrogens is 162 g/mol. The number of carbonyl (C=O) groups is 1. The maximum Gasteiger partial charge on any atom is 0.322 e. The van der Waals surface area contributed by atoms with Crippen molar-refractivity contribution in [2.45, 2.75) is 25.5 Å². The Balaban J connectivity index is 3.56. The zero-order valence-electron chi connectivity index (χ0n) is 7.06. The van der Waals surface area contributed by atoms with Crippen molar-refractivity contribution < 1.29 is 19.7 Å². The quantitative estimate of drug-likeness (QED) is 0.450. The van der Waals surface area contributed by atoms with Crippen molar-refractivity contribution >= 4 is 5.97 Å². The van der Waals surface area contributed by atoms with Gasteiger partial charge in [0.2, 0.25) is 0 Å². The van der Waals surface area contributed by atoms with Crippen molar-refractivity contribution in [2.75, 3.05) is 13.2 Å². The lowest BCUT2D eigenvalue weighted by molar-refractivity contribution is -0.148. The van der Waals surface area contributed by atoms with Crippen LogP contribution < -0.4 is 5.73 Å². The maximum atomic E-state index is 10.9. The molecule has 2 atom stereocenters. The highest BCUT2D eigenvalue weighted by atomic mass is 16.5. The molecule has 4 N–H and O–H groups in total. The Morgan fingerprint density at radius 3 is 2.67 bits per heavy atom. The molecule has 0 aromatic heterocycles. The van der Waals surface area contributed by atoms with Crippen molar-refractivity contribution in [2.24, 2.45) is 5.73 Å². The Labute approximate surface area is 71.1 Å². The third kappa shape index (κ3) is 4.27. The molecule has 0 heterocycles. The van der Waals surface area contributed by atoms with Crippen LogP contribution >= 0.6 is 0 Å². The van der Waals surface area contributed by atoms with Gasteiger partial charge in [-0.3, -0.25) is 4.79 Å². The summed E-state index contributed by atoms with van der Waals surface area (Å²) < 4.78 is 4.57. The third-order valence-corrected chi connectivity index (χ3v) is 1.37. The fraction of sp³-hybridized carbons (Fsp3) is 0.857. The molecule has 0 amide bonds. The number of hydrogen-bond donors (Lipinski definition) is 3. The highest BCUT2D eigenvalue weighted by molar-refractivity contribution is 5.75. The summed E-state index contributed by atoms with van der Waals surface area (Å²) in [4.78, 5) is 10.9. The highest BCUT2D eigenvalue weighted by Gasteiger charge is 2.13. The summed E-state index contributed by atoms with van der Waals surface area (Å²) in [7, 11) is 0. The molecule has 0 aliphatic rings. The van der Waals surface area contributed by atoms with Crippen LogP contribution in [0.15, 0.2) is 0 Å². The Bertz CT molecular complexity index is 139. The molecule has 0 aliphatic heterocycles. The van der Waals surface area contributed by atoms with Gasteiger partial charge in [-0.15, -0.1) is 0 Å². The van der Waals surface area contributed by atoms with Gasteiger partial charge in [-0.05, 0) is 6.42 Å². The number of nitrogens with two attached hydrogens (primary N) is 1. The van der Waals surface area contributed by atoms with Crippen molar-refractivity contribution in [3.63, 3.8) is 0 Å². The molecule has 0 spiro atoms.